The molecule has 1 aromatic heterocycles. The largest absolute Gasteiger partial charge is 0.316 e. The van der Waals surface area contributed by atoms with Crippen LogP contribution in [0.2, 0.25) is 0 Å². The highest BCUT2D eigenvalue weighted by Gasteiger charge is 2.34. The van der Waals surface area contributed by atoms with Gasteiger partial charge in [0, 0.05) is 23.5 Å². The lowest BCUT2D eigenvalue weighted by Crippen LogP contribution is -2.44. The first-order valence-electron chi connectivity index (χ1n) is 8.23. The second kappa shape index (κ2) is 6.15. The van der Waals surface area contributed by atoms with Gasteiger partial charge in [0.1, 0.15) is 0 Å². The summed E-state index contributed by atoms with van der Waals surface area (Å²) in [4.78, 5) is 4.85. The van der Waals surface area contributed by atoms with Crippen LogP contribution in [0.4, 0.5) is 0 Å². The maximum absolute atomic E-state index is 4.85. The van der Waals surface area contributed by atoms with Gasteiger partial charge in [-0.1, -0.05) is 50.5 Å². The molecule has 2 heteroatoms. The summed E-state index contributed by atoms with van der Waals surface area (Å²) in [5, 5.41) is 4.80. The second-order valence-electron chi connectivity index (χ2n) is 6.76. The summed E-state index contributed by atoms with van der Waals surface area (Å²) in [5.41, 5.74) is 2.74. The van der Waals surface area contributed by atoms with Crippen LogP contribution in [0.15, 0.2) is 36.4 Å². The summed E-state index contributed by atoms with van der Waals surface area (Å²) >= 11 is 0. The standard InChI is InChI=1S/C19H26N2/c1-19(12-6-3-7-13-19)18(20-2)14-16-11-10-15-8-4-5-9-17(15)21-16/h4-5,8-11,18,20H,3,6-7,12-14H2,1-2H3. The number of pyridine rings is 1. The number of rotatable bonds is 4. The molecule has 1 aromatic carbocycles. The fourth-order valence-electron chi connectivity index (χ4n) is 3.84. The van der Waals surface area contributed by atoms with Crippen molar-refractivity contribution in [1.29, 1.82) is 0 Å². The third-order valence-electron chi connectivity index (χ3n) is 5.25. The number of para-hydroxylation sites is 1. The number of nitrogens with zero attached hydrogens (tertiary/aromatic N) is 1. The number of hydrogen-bond acceptors (Lipinski definition) is 2. The molecule has 3 rings (SSSR count). The molecule has 21 heavy (non-hydrogen) atoms. The number of aromatic nitrogens is 1. The quantitative estimate of drug-likeness (QED) is 0.902. The van der Waals surface area contributed by atoms with Gasteiger partial charge in [-0.25, -0.2) is 0 Å². The summed E-state index contributed by atoms with van der Waals surface area (Å²) < 4.78 is 0. The maximum atomic E-state index is 4.85. The minimum Gasteiger partial charge on any atom is -0.316 e. The molecule has 1 aliphatic rings. The lowest BCUT2D eigenvalue weighted by Gasteiger charge is -2.40. The molecule has 2 aromatic rings. The van der Waals surface area contributed by atoms with E-state index < -0.39 is 0 Å². The smallest absolute Gasteiger partial charge is 0.0705 e. The van der Waals surface area contributed by atoms with E-state index in [4.69, 9.17) is 4.98 Å². The van der Waals surface area contributed by atoms with Crippen LogP contribution >= 0.6 is 0 Å². The molecule has 0 aliphatic heterocycles. The zero-order valence-electron chi connectivity index (χ0n) is 13.2. The van der Waals surface area contributed by atoms with Gasteiger partial charge in [0.25, 0.3) is 0 Å². The summed E-state index contributed by atoms with van der Waals surface area (Å²) in [6.45, 7) is 2.45. The second-order valence-corrected chi connectivity index (χ2v) is 6.76. The topological polar surface area (TPSA) is 24.9 Å². The SMILES string of the molecule is CNC(Cc1ccc2ccccc2n1)C1(C)CCCCC1. The van der Waals surface area contributed by atoms with Gasteiger partial charge in [0.15, 0.2) is 0 Å². The predicted octanol–water partition coefficient (Wildman–Crippen LogP) is 4.34. The third kappa shape index (κ3) is 3.11. The molecule has 1 saturated carbocycles. The molecular weight excluding hydrogens is 256 g/mol. The van der Waals surface area contributed by atoms with Crippen LogP contribution in [-0.4, -0.2) is 18.1 Å². The van der Waals surface area contributed by atoms with Crippen molar-refractivity contribution in [3.63, 3.8) is 0 Å². The zero-order valence-corrected chi connectivity index (χ0v) is 13.2. The van der Waals surface area contributed by atoms with E-state index in [9.17, 15) is 0 Å². The van der Waals surface area contributed by atoms with Gasteiger partial charge in [-0.2, -0.15) is 0 Å². The Hall–Kier alpha value is -1.41. The summed E-state index contributed by atoms with van der Waals surface area (Å²) in [5.74, 6) is 0. The molecule has 0 saturated heterocycles. The average Bonchev–Trinajstić information content (AvgIpc) is 2.53. The van der Waals surface area contributed by atoms with E-state index in [2.05, 4.69) is 55.7 Å². The van der Waals surface area contributed by atoms with E-state index in [-0.39, 0.29) is 0 Å². The van der Waals surface area contributed by atoms with E-state index in [0.717, 1.165) is 11.9 Å². The number of benzene rings is 1. The van der Waals surface area contributed by atoms with Crippen LogP contribution in [0.1, 0.15) is 44.7 Å². The summed E-state index contributed by atoms with van der Waals surface area (Å²) in [7, 11) is 2.10. The average molecular weight is 282 g/mol. The van der Waals surface area contributed by atoms with Gasteiger partial charge < -0.3 is 5.32 Å². The number of likely N-dealkylation sites (N-methyl/N-ethyl adjacent to an activating group) is 1. The van der Waals surface area contributed by atoms with Crippen LogP contribution < -0.4 is 5.32 Å². The molecular formula is C19H26N2. The lowest BCUT2D eigenvalue weighted by molar-refractivity contribution is 0.148. The first kappa shape index (κ1) is 14.5. The highest BCUT2D eigenvalue weighted by molar-refractivity contribution is 5.78. The normalized spacial score (nSPS) is 19.5. The first-order valence-corrected chi connectivity index (χ1v) is 8.23. The van der Waals surface area contributed by atoms with Crippen molar-refractivity contribution in [2.45, 2.75) is 51.5 Å². The molecule has 0 radical (unpaired) electrons. The van der Waals surface area contributed by atoms with Crippen LogP contribution in [0.3, 0.4) is 0 Å². The molecule has 1 fully saturated rings. The Morgan fingerprint density at radius 1 is 1.10 bits per heavy atom. The molecule has 1 atom stereocenters. The number of fused-ring (bicyclic) bond motifs is 1. The molecule has 1 aliphatic carbocycles. The van der Waals surface area contributed by atoms with Crippen molar-refractivity contribution in [1.82, 2.24) is 10.3 Å². The van der Waals surface area contributed by atoms with Gasteiger partial charge in [-0.3, -0.25) is 4.98 Å². The Bertz CT molecular complexity index is 599. The van der Waals surface area contributed by atoms with Crippen molar-refractivity contribution < 1.29 is 0 Å². The highest BCUT2D eigenvalue weighted by Crippen LogP contribution is 2.39. The fourth-order valence-corrected chi connectivity index (χ4v) is 3.84. The monoisotopic (exact) mass is 282 g/mol. The molecule has 2 nitrogen and oxygen atoms in total. The van der Waals surface area contributed by atoms with Gasteiger partial charge >= 0.3 is 0 Å². The fraction of sp³-hybridized carbons (Fsp3) is 0.526. The maximum Gasteiger partial charge on any atom is 0.0705 e. The van der Waals surface area contributed by atoms with Gasteiger partial charge in [0.2, 0.25) is 0 Å². The molecule has 0 spiro atoms. The third-order valence-corrected chi connectivity index (χ3v) is 5.25. The highest BCUT2D eigenvalue weighted by atomic mass is 14.9. The molecule has 1 unspecified atom stereocenters. The Kier molecular flexibility index (Phi) is 4.25. The molecule has 1 heterocycles. The first-order chi connectivity index (χ1) is 10.2. The van der Waals surface area contributed by atoms with Crippen molar-refractivity contribution in [3.8, 4) is 0 Å². The van der Waals surface area contributed by atoms with Crippen LogP contribution in [-0.2, 0) is 6.42 Å². The minimum atomic E-state index is 0.417. The van der Waals surface area contributed by atoms with Gasteiger partial charge in [0.05, 0.1) is 5.52 Å². The van der Waals surface area contributed by atoms with Crippen LogP contribution in [0.25, 0.3) is 10.9 Å². The van der Waals surface area contributed by atoms with Gasteiger partial charge in [-0.05, 0) is 37.4 Å². The van der Waals surface area contributed by atoms with Crippen LogP contribution in [0, 0.1) is 5.41 Å². The number of nitrogens with one attached hydrogen (secondary N) is 1. The van der Waals surface area contributed by atoms with Crippen molar-refractivity contribution in [3.05, 3.63) is 42.1 Å². The zero-order chi connectivity index (χ0) is 14.7. The molecule has 112 valence electrons. The van der Waals surface area contributed by atoms with Crippen LogP contribution in [0.5, 0.6) is 0 Å². The lowest BCUT2D eigenvalue weighted by atomic mass is 9.69. The van der Waals surface area contributed by atoms with E-state index >= 15 is 0 Å². The van der Waals surface area contributed by atoms with E-state index in [1.54, 1.807) is 0 Å². The summed E-state index contributed by atoms with van der Waals surface area (Å²) in [6.07, 6.45) is 7.86. The minimum absolute atomic E-state index is 0.417. The predicted molar refractivity (Wildman–Crippen MR) is 89.5 cm³/mol. The Morgan fingerprint density at radius 3 is 2.62 bits per heavy atom. The molecule has 0 amide bonds. The number of hydrogen-bond donors (Lipinski definition) is 1. The van der Waals surface area contributed by atoms with Gasteiger partial charge in [-0.15, -0.1) is 0 Å². The van der Waals surface area contributed by atoms with Crippen molar-refractivity contribution >= 4 is 10.9 Å². The molecule has 1 N–H and O–H groups in total. The van der Waals surface area contributed by atoms with Crippen molar-refractivity contribution in [2.24, 2.45) is 5.41 Å². The van der Waals surface area contributed by atoms with Crippen molar-refractivity contribution in [2.75, 3.05) is 7.05 Å². The molecule has 0 bridgehead atoms. The Labute approximate surface area is 128 Å². The van der Waals surface area contributed by atoms with E-state index in [0.29, 0.717) is 11.5 Å². The van der Waals surface area contributed by atoms with E-state index in [1.165, 1.54) is 43.2 Å². The Balaban J connectivity index is 1.81. The van der Waals surface area contributed by atoms with E-state index in [1.807, 2.05) is 0 Å². The summed E-state index contributed by atoms with van der Waals surface area (Å²) in [6, 6.07) is 13.3. The Morgan fingerprint density at radius 2 is 1.86 bits per heavy atom.